The normalized spacial score (nSPS) is 10.4. The summed E-state index contributed by atoms with van der Waals surface area (Å²) in [5, 5.41) is 7.70. The summed E-state index contributed by atoms with van der Waals surface area (Å²) in [6.07, 6.45) is -0.938. The zero-order valence-electron chi connectivity index (χ0n) is 24.3. The minimum Gasteiger partial charge on any atom is -0.384 e. The molecule has 44 heavy (non-hydrogen) atoms. The van der Waals surface area contributed by atoms with Crippen LogP contribution in [0.25, 0.3) is 0 Å². The van der Waals surface area contributed by atoms with E-state index in [9.17, 15) is 27.4 Å². The van der Waals surface area contributed by atoms with Crippen molar-refractivity contribution in [2.75, 3.05) is 38.7 Å². The Hall–Kier alpha value is -0.500. The van der Waals surface area contributed by atoms with Crippen molar-refractivity contribution < 1.29 is 95.9 Å². The molecule has 0 aliphatic carbocycles. The van der Waals surface area contributed by atoms with Gasteiger partial charge in [-0.15, -0.1) is 0 Å². The highest BCUT2D eigenvalue weighted by atomic mass is 31.2. The molecule has 0 radical (unpaired) electrons. The van der Waals surface area contributed by atoms with E-state index in [1.807, 2.05) is 13.8 Å². The number of carbonyl (C=O) groups excluding carboxylic acids is 2. The van der Waals surface area contributed by atoms with Crippen molar-refractivity contribution in [3.05, 3.63) is 30.3 Å². The zero-order chi connectivity index (χ0) is 36.9. The molecule has 0 atom stereocenters. The first-order valence-electron chi connectivity index (χ1n) is 10.9. The van der Waals surface area contributed by atoms with Crippen LogP contribution >= 0.6 is 45.3 Å². The number of benzene rings is 1. The number of hydrogen-bond acceptors (Lipinski definition) is 9. The van der Waals surface area contributed by atoms with Gasteiger partial charge in [0.2, 0.25) is 0 Å². The fourth-order valence-electron chi connectivity index (χ4n) is 0.622. The van der Waals surface area contributed by atoms with E-state index in [1.54, 1.807) is 18.2 Å². The Morgan fingerprint density at radius 3 is 0.818 bits per heavy atom. The first kappa shape index (κ1) is 62.3. The van der Waals surface area contributed by atoms with Crippen molar-refractivity contribution in [1.82, 2.24) is 0 Å². The smallest absolute Gasteiger partial charge is 0.373 e. The summed E-state index contributed by atoms with van der Waals surface area (Å²) in [5.74, 6) is 0. The quantitative estimate of drug-likeness (QED) is 0.192. The third-order valence-electron chi connectivity index (χ3n) is 2.10. The van der Waals surface area contributed by atoms with E-state index in [0.29, 0.717) is 0 Å². The second-order valence-corrected chi connectivity index (χ2v) is 18.3. The highest BCUT2D eigenvalue weighted by molar-refractivity contribution is 7.60. The Kier molecular flexibility index (Phi) is 46.0. The fourth-order valence-corrected chi connectivity index (χ4v) is 1.18. The average Bonchev–Trinajstić information content (AvgIpc) is 2.79. The predicted molar refractivity (Wildman–Crippen MR) is 165 cm³/mol. The molecule has 0 bridgehead atoms. The van der Waals surface area contributed by atoms with Crippen LogP contribution in [0, 0.1) is 0 Å². The summed E-state index contributed by atoms with van der Waals surface area (Å²) in [4.78, 5) is 104. The van der Waals surface area contributed by atoms with E-state index in [4.69, 9.17) is 68.5 Å². The van der Waals surface area contributed by atoms with Crippen LogP contribution in [0.1, 0.15) is 35.1 Å². The molecule has 1 aromatic carbocycles. The van der Waals surface area contributed by atoms with E-state index in [2.05, 4.69) is 0 Å². The third kappa shape index (κ3) is 134. The van der Waals surface area contributed by atoms with E-state index in [0.717, 1.165) is 6.66 Å². The Morgan fingerprint density at radius 1 is 0.591 bits per heavy atom. The Morgan fingerprint density at radius 2 is 0.750 bits per heavy atom. The van der Waals surface area contributed by atoms with Crippen molar-refractivity contribution >= 4 is 56.8 Å². The largest absolute Gasteiger partial charge is 0.384 e. The molecule has 1 aromatic rings. The second-order valence-electron chi connectivity index (χ2n) is 6.86. The molecule has 20 nitrogen and oxygen atoms in total. The number of aliphatic hydroxyl groups is 1. The molecular formula is C18H48O20P6. The average molecular weight is 770 g/mol. The SMILES string of the molecule is C.CC.CCP(=O)(O)O.CCP(=O)(O)O.CP(=O)(O)O.CP(C)(=O)O.O=C=O.O=P(O)(O)CO.O=P(O)(O)c1ccccc1. The van der Waals surface area contributed by atoms with Gasteiger partial charge in [0, 0.05) is 32.3 Å². The van der Waals surface area contributed by atoms with Crippen LogP contribution in [0.2, 0.25) is 0 Å². The molecule has 270 valence electrons. The summed E-state index contributed by atoms with van der Waals surface area (Å²) in [6, 6.07) is 7.70. The standard InChI is InChI=1S/C6H7O3P.2C2H7O3P.C2H7O2P.C2H6.CH5O4P.CH5O3P.CO2.CH4/c7-10(8,9)6-4-2-1-3-5-6;2*1-2-6(3,4)5;1-5(2,3)4;1-2;2-1-6(3,4)5;1-5(2,3)4;2-1-3;/h1-5H,(H2,7,8,9);2*2H2,1H3,(H2,3,4,5);1-2H3,(H,3,4);1-2H3;2H,1H2,(H2,3,4,5);1H3,(H2,2,3,4);;1H4. The van der Waals surface area contributed by atoms with Gasteiger partial charge in [-0.25, -0.2) is 0 Å². The summed E-state index contributed by atoms with van der Waals surface area (Å²) >= 11 is 0. The van der Waals surface area contributed by atoms with Crippen LogP contribution in [-0.2, 0) is 37.0 Å². The van der Waals surface area contributed by atoms with Gasteiger partial charge in [0.25, 0.3) is 0 Å². The van der Waals surface area contributed by atoms with Crippen LogP contribution in [-0.4, -0.2) is 104 Å². The maximum atomic E-state index is 10.5. The van der Waals surface area contributed by atoms with Crippen molar-refractivity contribution in [2.24, 2.45) is 0 Å². The first-order valence-corrected chi connectivity index (χ1v) is 22.5. The predicted octanol–water partition coefficient (Wildman–Crippen LogP) is 1.36. The van der Waals surface area contributed by atoms with E-state index >= 15 is 0 Å². The summed E-state index contributed by atoms with van der Waals surface area (Å²) < 4.78 is 58.5. The van der Waals surface area contributed by atoms with Gasteiger partial charge >= 0.3 is 44.1 Å². The molecule has 0 aliphatic rings. The molecule has 12 N–H and O–H groups in total. The molecule has 0 heterocycles. The van der Waals surface area contributed by atoms with Crippen molar-refractivity contribution in [1.29, 1.82) is 0 Å². The number of rotatable bonds is 4. The van der Waals surface area contributed by atoms with E-state index in [1.165, 1.54) is 39.3 Å². The van der Waals surface area contributed by atoms with Crippen LogP contribution in [0.15, 0.2) is 30.3 Å². The molecule has 0 aliphatic heterocycles. The highest BCUT2D eigenvalue weighted by Gasteiger charge is 2.14. The van der Waals surface area contributed by atoms with Gasteiger partial charge in [0.05, 0.1) is 5.30 Å². The maximum Gasteiger partial charge on any atom is 0.373 e. The van der Waals surface area contributed by atoms with Gasteiger partial charge in [0.1, 0.15) is 6.35 Å². The molecule has 26 heteroatoms. The lowest BCUT2D eigenvalue weighted by Gasteiger charge is -2.00. The minimum absolute atomic E-state index is 0. The topological polar surface area (TPSA) is 379 Å². The molecule has 0 fully saturated rings. The fraction of sp³-hybridized carbons (Fsp3) is 0.611. The monoisotopic (exact) mass is 770 g/mol. The second kappa shape index (κ2) is 32.4. The maximum absolute atomic E-state index is 10.5. The van der Waals surface area contributed by atoms with Crippen LogP contribution in [0.5, 0.6) is 0 Å². The summed E-state index contributed by atoms with van der Waals surface area (Å²) in [7, 11) is -21.7. The zero-order valence-corrected chi connectivity index (χ0v) is 29.7. The molecule has 0 spiro atoms. The van der Waals surface area contributed by atoms with Gasteiger partial charge in [-0.2, -0.15) is 9.59 Å². The molecule has 1 rings (SSSR count). The molecular weight excluding hydrogens is 722 g/mol. The molecule has 0 saturated carbocycles. The lowest BCUT2D eigenvalue weighted by molar-refractivity contribution is -0.191. The Labute approximate surface area is 256 Å². The van der Waals surface area contributed by atoms with Gasteiger partial charge in [-0.05, 0) is 12.1 Å². The van der Waals surface area contributed by atoms with Gasteiger partial charge in [0.15, 0.2) is 7.37 Å². The van der Waals surface area contributed by atoms with Crippen molar-refractivity contribution in [3.8, 4) is 0 Å². The molecule has 0 saturated heterocycles. The van der Waals surface area contributed by atoms with Gasteiger partial charge < -0.3 is 58.9 Å². The van der Waals surface area contributed by atoms with Gasteiger partial charge in [-0.3, -0.25) is 27.4 Å². The Bertz CT molecular complexity index is 997. The highest BCUT2D eigenvalue weighted by Crippen LogP contribution is 2.34. The van der Waals surface area contributed by atoms with Crippen LogP contribution in [0.3, 0.4) is 0 Å². The molecule has 0 aromatic heterocycles. The lowest BCUT2D eigenvalue weighted by atomic mass is 10.4. The lowest BCUT2D eigenvalue weighted by Crippen LogP contribution is -2.01. The number of hydrogen-bond donors (Lipinski definition) is 12. The summed E-state index contributed by atoms with van der Waals surface area (Å²) in [5.41, 5.74) is 0. The third-order valence-corrected chi connectivity index (χ3v) is 5.09. The van der Waals surface area contributed by atoms with E-state index < -0.39 is 51.7 Å². The Balaban J connectivity index is -0.0000000580. The minimum atomic E-state index is -4.09. The first-order chi connectivity index (χ1) is 18.7. The number of aliphatic hydroxyl groups excluding tert-OH is 1. The van der Waals surface area contributed by atoms with Crippen molar-refractivity contribution in [3.63, 3.8) is 0 Å². The van der Waals surface area contributed by atoms with Gasteiger partial charge in [-0.1, -0.05) is 53.3 Å². The molecule has 0 amide bonds. The van der Waals surface area contributed by atoms with Crippen molar-refractivity contribution in [2.45, 2.75) is 35.1 Å². The van der Waals surface area contributed by atoms with Crippen LogP contribution in [0.4, 0.5) is 0 Å². The van der Waals surface area contributed by atoms with E-state index in [-0.39, 0.29) is 31.2 Å². The summed E-state index contributed by atoms with van der Waals surface area (Å²) in [6.45, 7) is 10.3. The van der Waals surface area contributed by atoms with Crippen LogP contribution < -0.4 is 5.30 Å². The molecule has 0 unspecified atom stereocenters.